The topological polar surface area (TPSA) is 0 Å². The first-order chi connectivity index (χ1) is 1.73. The Morgan fingerprint density at radius 1 is 1.00 bits per heavy atom. The monoisotopic (exact) mass is 314 g/mol. The van der Waals surface area contributed by atoms with Crippen molar-refractivity contribution in [3.8, 4) is 0 Å². The van der Waals surface area contributed by atoms with E-state index in [0.29, 0.717) is 0 Å². The van der Waals surface area contributed by atoms with Crippen LogP contribution in [0.2, 0.25) is 0 Å². The van der Waals surface area contributed by atoms with E-state index in [1.807, 2.05) is 0 Å². The molecule has 0 atom stereocenters. The molecule has 0 amide bonds. The molecule has 0 heterocycles. The summed E-state index contributed by atoms with van der Waals surface area (Å²) in [6.07, 6.45) is 0. The van der Waals surface area contributed by atoms with Crippen LogP contribution in [-0.4, -0.2) is 0 Å². The summed E-state index contributed by atoms with van der Waals surface area (Å²) in [5.41, 5.74) is 0. The van der Waals surface area contributed by atoms with Crippen LogP contribution in [0.4, 0.5) is 0 Å². The molecule has 5 heavy (non-hydrogen) atoms. The molecule has 0 aromatic rings. The maximum absolute atomic E-state index is 4.44. The first kappa shape index (κ1) is 9.85. The second-order valence-electron chi connectivity index (χ2n) is 0.204. The van der Waals surface area contributed by atoms with Crippen molar-refractivity contribution in [3.05, 3.63) is 0 Å². The second-order valence-corrected chi connectivity index (χ2v) is 15.0. The summed E-state index contributed by atoms with van der Waals surface area (Å²) in [6, 6.07) is 0. The number of hydrogen-bond donors (Lipinski definition) is 0. The average Bonchev–Trinajstić information content (AvgIpc) is 0.811. The predicted octanol–water partition coefficient (Wildman–Crippen LogP) is 2.05. The molecule has 0 radical (unpaired) electrons. The molecule has 5 heteroatoms. The van der Waals surface area contributed by atoms with Gasteiger partial charge in [0.2, 0.25) is 0 Å². The molecular weight excluding hydrogens is 312 g/mol. The Hall–Kier alpha value is 1.70. The third kappa shape index (κ3) is 27.0. The fourth-order valence-corrected chi connectivity index (χ4v) is 0. The average molecular weight is 314 g/mol. The van der Waals surface area contributed by atoms with Crippen molar-refractivity contribution < 1.29 is 11.9 Å². The Balaban J connectivity index is 0. The maximum atomic E-state index is 4.44. The van der Waals surface area contributed by atoms with E-state index in [1.54, 1.807) is 0 Å². The third-order valence-electron chi connectivity index (χ3n) is 0. The van der Waals surface area contributed by atoms with Gasteiger partial charge in [0, 0.05) is 0 Å². The van der Waals surface area contributed by atoms with Crippen LogP contribution in [0.3, 0.4) is 0 Å². The van der Waals surface area contributed by atoms with E-state index < -0.39 is 11.9 Å². The van der Waals surface area contributed by atoms with Crippen LogP contribution in [0.5, 0.6) is 0 Å². The fourth-order valence-electron chi connectivity index (χ4n) is 0. The fraction of sp³-hybridized carbons (Fsp3) is 0. The van der Waals surface area contributed by atoms with Crippen molar-refractivity contribution in [2.45, 2.75) is 0 Å². The van der Waals surface area contributed by atoms with E-state index in [4.69, 9.17) is 0 Å². The normalized spacial score (nSPS) is 4.80. The molecule has 32 valence electrons. The summed E-state index contributed by atoms with van der Waals surface area (Å²) < 4.78 is 0. The molecule has 0 saturated heterocycles. The van der Waals surface area contributed by atoms with Gasteiger partial charge in [-0.3, -0.25) is 0 Å². The summed E-state index contributed by atoms with van der Waals surface area (Å²) >= 11 is -1.78. The van der Waals surface area contributed by atoms with Crippen molar-refractivity contribution in [2.24, 2.45) is 0 Å². The molecule has 0 aromatic heterocycles. The van der Waals surface area contributed by atoms with Gasteiger partial charge in [-0.1, -0.05) is 0 Å². The van der Waals surface area contributed by atoms with Crippen LogP contribution < -0.4 is 0 Å². The summed E-state index contributed by atoms with van der Waals surface area (Å²) in [5, 5.41) is 0. The number of hydrogen-bond acceptors (Lipinski definition) is 3. The molecule has 0 fully saturated rings. The van der Waals surface area contributed by atoms with Crippen molar-refractivity contribution in [1.29, 1.82) is 0 Å². The summed E-state index contributed by atoms with van der Waals surface area (Å²) in [6.45, 7) is 0. The van der Waals surface area contributed by atoms with Gasteiger partial charge in [0.05, 0.1) is 0 Å². The van der Waals surface area contributed by atoms with Crippen molar-refractivity contribution >= 4 is 43.0 Å². The molecule has 0 nitrogen and oxygen atoms in total. The minimum atomic E-state index is -1.78. The Labute approximate surface area is 54.3 Å². The Kier molecular flexibility index (Phi) is 11.2. The van der Waals surface area contributed by atoms with Crippen LogP contribution in [0.1, 0.15) is 0 Å². The molecule has 0 unspecified atom stereocenters. The molecule has 0 aliphatic carbocycles. The van der Waals surface area contributed by atoms with E-state index in [0.717, 1.165) is 0 Å². The van der Waals surface area contributed by atoms with Gasteiger partial charge in [0.15, 0.2) is 0 Å². The molecule has 0 aliphatic heterocycles. The quantitative estimate of drug-likeness (QED) is 0.672. The van der Waals surface area contributed by atoms with Gasteiger partial charge in [-0.05, 0) is 0 Å². The van der Waals surface area contributed by atoms with Gasteiger partial charge >= 0.3 is 41.3 Å². The molecule has 0 N–H and O–H groups in total. The minimum absolute atomic E-state index is 0. The van der Waals surface area contributed by atoms with Crippen LogP contribution in [0, 0.1) is 0 Å². The van der Waals surface area contributed by atoms with Crippen LogP contribution >= 0.6 is 43.0 Å². The first-order valence-electron chi connectivity index (χ1n) is 0.500. The summed E-state index contributed by atoms with van der Waals surface area (Å²) in [4.78, 5) is 0. The summed E-state index contributed by atoms with van der Waals surface area (Å²) in [5.74, 6) is 0. The van der Waals surface area contributed by atoms with Crippen molar-refractivity contribution in [3.63, 3.8) is 0 Å². The molecule has 0 bridgehead atoms. The van der Waals surface area contributed by atoms with Crippen LogP contribution in [-0.2, 0) is 11.9 Å². The Morgan fingerprint density at radius 3 is 1.00 bits per heavy atom. The van der Waals surface area contributed by atoms with E-state index in [2.05, 4.69) is 29.5 Å². The molecule has 0 rings (SSSR count). The summed E-state index contributed by atoms with van der Waals surface area (Å²) in [7, 11) is 13.3. The zero-order valence-electron chi connectivity index (χ0n) is 2.13. The first-order valence-corrected chi connectivity index (χ1v) is 12.3. The van der Waals surface area contributed by atoms with Gasteiger partial charge in [-0.25, -0.2) is 0 Å². The molecule has 0 spiro atoms. The van der Waals surface area contributed by atoms with Gasteiger partial charge in [-0.2, -0.15) is 13.5 Å². The molecular formula is H2S4W. The zero-order valence-corrected chi connectivity index (χ0v) is 8.52. The van der Waals surface area contributed by atoms with Gasteiger partial charge < -0.3 is 0 Å². The van der Waals surface area contributed by atoms with Crippen molar-refractivity contribution in [2.75, 3.05) is 0 Å². The van der Waals surface area contributed by atoms with Crippen molar-refractivity contribution in [1.82, 2.24) is 0 Å². The molecule has 0 aliphatic rings. The van der Waals surface area contributed by atoms with E-state index in [-0.39, 0.29) is 13.5 Å². The van der Waals surface area contributed by atoms with E-state index in [9.17, 15) is 0 Å². The van der Waals surface area contributed by atoms with E-state index in [1.165, 1.54) is 0 Å². The van der Waals surface area contributed by atoms with Crippen LogP contribution in [0.25, 0.3) is 0 Å². The Bertz CT molecular complexity index is 73.0. The third-order valence-corrected chi connectivity index (χ3v) is 0. The number of rotatable bonds is 0. The van der Waals surface area contributed by atoms with Gasteiger partial charge in [-0.15, -0.1) is 0 Å². The zero-order chi connectivity index (χ0) is 3.58. The van der Waals surface area contributed by atoms with Gasteiger partial charge in [0.1, 0.15) is 0 Å². The second kappa shape index (κ2) is 5.70. The van der Waals surface area contributed by atoms with Gasteiger partial charge in [0.25, 0.3) is 0 Å². The van der Waals surface area contributed by atoms with E-state index >= 15 is 0 Å². The standard InChI is InChI=1S/H2S.3S.W/h1H2;;;;. The SMILES string of the molecule is S.[S]=[W](=[S])=[S]. The Morgan fingerprint density at radius 2 is 1.00 bits per heavy atom. The molecule has 0 saturated carbocycles. The molecule has 0 aromatic carbocycles. The predicted molar refractivity (Wildman–Crippen MR) is 33.2 cm³/mol. The van der Waals surface area contributed by atoms with Crippen LogP contribution in [0.15, 0.2) is 0 Å².